The molecule has 160 valence electrons. The summed E-state index contributed by atoms with van der Waals surface area (Å²) in [5.41, 5.74) is 3.56. The largest absolute Gasteiger partial charge is 0.494 e. The number of unbranched alkanes of at least 4 members (excludes halogenated alkanes) is 3. The molecule has 0 heterocycles. The zero-order valence-electron chi connectivity index (χ0n) is 18.4. The molecule has 1 saturated carbocycles. The maximum Gasteiger partial charge on any atom is 0.119 e. The Morgan fingerprint density at radius 1 is 0.967 bits per heavy atom. The molecular weight excluding hydrogens is 370 g/mol. The molecule has 3 rings (SSSR count). The van der Waals surface area contributed by atoms with Crippen molar-refractivity contribution in [2.24, 2.45) is 5.92 Å². The van der Waals surface area contributed by atoms with Crippen molar-refractivity contribution < 1.29 is 9.84 Å². The van der Waals surface area contributed by atoms with Gasteiger partial charge in [-0.1, -0.05) is 69.5 Å². The van der Waals surface area contributed by atoms with Crippen LogP contribution in [0.2, 0.25) is 0 Å². The van der Waals surface area contributed by atoms with Crippen LogP contribution in [0, 0.1) is 17.2 Å². The van der Waals surface area contributed by atoms with Crippen LogP contribution in [0.4, 0.5) is 0 Å². The lowest BCUT2D eigenvalue weighted by molar-refractivity contribution is 0.159. The standard InChI is InChI=1S/C27H35NO2/c1-3-5-6-7-9-20-12-14-21(15-13-20)27-25(29)18-23(19-28)26(27)22-10-8-11-24(17-22)30-16-4-2/h8,10-15,17,23,25-27,29H,3-7,9,16,18H2,1-2H3/t23-,25+,26?,27?/m0/s1. The Balaban J connectivity index is 1.81. The highest BCUT2D eigenvalue weighted by Crippen LogP contribution is 2.50. The lowest BCUT2D eigenvalue weighted by Crippen LogP contribution is -2.17. The molecule has 1 fully saturated rings. The summed E-state index contributed by atoms with van der Waals surface area (Å²) in [4.78, 5) is 0. The lowest BCUT2D eigenvalue weighted by atomic mass is 9.79. The zero-order chi connectivity index (χ0) is 21.3. The van der Waals surface area contributed by atoms with Gasteiger partial charge in [-0.15, -0.1) is 0 Å². The van der Waals surface area contributed by atoms with Crippen molar-refractivity contribution in [1.29, 1.82) is 5.26 Å². The van der Waals surface area contributed by atoms with Crippen LogP contribution in [0.15, 0.2) is 48.5 Å². The topological polar surface area (TPSA) is 53.2 Å². The van der Waals surface area contributed by atoms with Gasteiger partial charge in [0.15, 0.2) is 0 Å². The van der Waals surface area contributed by atoms with Gasteiger partial charge in [-0.25, -0.2) is 0 Å². The summed E-state index contributed by atoms with van der Waals surface area (Å²) in [5.74, 6) is 0.560. The summed E-state index contributed by atoms with van der Waals surface area (Å²) in [6.45, 7) is 5.01. The molecule has 30 heavy (non-hydrogen) atoms. The minimum atomic E-state index is -0.504. The number of aryl methyl sites for hydroxylation is 1. The van der Waals surface area contributed by atoms with Gasteiger partial charge in [0, 0.05) is 11.8 Å². The summed E-state index contributed by atoms with van der Waals surface area (Å²) in [5, 5.41) is 20.7. The summed E-state index contributed by atoms with van der Waals surface area (Å²) in [6, 6.07) is 19.3. The van der Waals surface area contributed by atoms with E-state index in [1.807, 2.05) is 12.1 Å². The van der Waals surface area contributed by atoms with Gasteiger partial charge in [0.2, 0.25) is 0 Å². The fraction of sp³-hybridized carbons (Fsp3) is 0.519. The van der Waals surface area contributed by atoms with E-state index in [1.165, 1.54) is 31.2 Å². The second kappa shape index (κ2) is 11.2. The van der Waals surface area contributed by atoms with Crippen LogP contribution in [-0.4, -0.2) is 17.8 Å². The van der Waals surface area contributed by atoms with Gasteiger partial charge in [-0.2, -0.15) is 5.26 Å². The quantitative estimate of drug-likeness (QED) is 0.467. The van der Waals surface area contributed by atoms with Gasteiger partial charge in [-0.05, 0) is 54.5 Å². The van der Waals surface area contributed by atoms with E-state index in [0.29, 0.717) is 13.0 Å². The van der Waals surface area contributed by atoms with Crippen LogP contribution < -0.4 is 4.74 Å². The highest BCUT2D eigenvalue weighted by atomic mass is 16.5. The smallest absolute Gasteiger partial charge is 0.119 e. The molecule has 2 unspecified atom stereocenters. The minimum absolute atomic E-state index is 0.0226. The maximum absolute atomic E-state index is 10.9. The summed E-state index contributed by atoms with van der Waals surface area (Å²) in [7, 11) is 0. The predicted molar refractivity (Wildman–Crippen MR) is 122 cm³/mol. The summed E-state index contributed by atoms with van der Waals surface area (Å²) < 4.78 is 5.82. The van der Waals surface area contributed by atoms with Crippen LogP contribution in [-0.2, 0) is 6.42 Å². The molecule has 0 aliphatic heterocycles. The monoisotopic (exact) mass is 405 g/mol. The Bertz CT molecular complexity index is 824. The molecule has 2 aromatic carbocycles. The number of nitriles is 1. The van der Waals surface area contributed by atoms with E-state index in [0.717, 1.165) is 29.7 Å². The van der Waals surface area contributed by atoms with Gasteiger partial charge in [0.1, 0.15) is 5.75 Å². The Kier molecular flexibility index (Phi) is 8.34. The van der Waals surface area contributed by atoms with Crippen LogP contribution in [0.1, 0.15) is 80.9 Å². The Hall–Kier alpha value is -2.31. The van der Waals surface area contributed by atoms with E-state index >= 15 is 0 Å². The first-order valence-electron chi connectivity index (χ1n) is 11.6. The minimum Gasteiger partial charge on any atom is -0.494 e. The number of hydrogen-bond donors (Lipinski definition) is 1. The Morgan fingerprint density at radius 2 is 1.77 bits per heavy atom. The third-order valence-electron chi connectivity index (χ3n) is 6.30. The number of rotatable bonds is 10. The number of aliphatic hydroxyl groups excluding tert-OH is 1. The van der Waals surface area contributed by atoms with Gasteiger partial charge in [-0.3, -0.25) is 0 Å². The molecule has 3 heteroatoms. The fourth-order valence-electron chi connectivity index (χ4n) is 4.74. The second-order valence-corrected chi connectivity index (χ2v) is 8.56. The molecule has 0 amide bonds. The van der Waals surface area contributed by atoms with E-state index in [4.69, 9.17) is 4.74 Å². The van der Waals surface area contributed by atoms with E-state index < -0.39 is 6.10 Å². The summed E-state index contributed by atoms with van der Waals surface area (Å²) >= 11 is 0. The van der Waals surface area contributed by atoms with Crippen molar-refractivity contribution in [3.8, 4) is 11.8 Å². The maximum atomic E-state index is 10.9. The van der Waals surface area contributed by atoms with Crippen molar-refractivity contribution in [2.75, 3.05) is 6.61 Å². The molecule has 3 nitrogen and oxygen atoms in total. The van der Waals surface area contributed by atoms with E-state index in [-0.39, 0.29) is 17.8 Å². The first-order chi connectivity index (χ1) is 14.7. The van der Waals surface area contributed by atoms with Gasteiger partial charge in [0.25, 0.3) is 0 Å². The summed E-state index contributed by atoms with van der Waals surface area (Å²) in [6.07, 6.45) is 7.13. The van der Waals surface area contributed by atoms with Gasteiger partial charge in [0.05, 0.1) is 24.7 Å². The lowest BCUT2D eigenvalue weighted by Gasteiger charge is -2.25. The SMILES string of the molecule is CCCCCCc1ccc(C2C(c3cccc(OCCC)c3)[C@H](C#N)C[C@H]2O)cc1. The average molecular weight is 406 g/mol. The van der Waals surface area contributed by atoms with E-state index in [1.54, 1.807) is 0 Å². The highest BCUT2D eigenvalue weighted by Gasteiger charge is 2.44. The van der Waals surface area contributed by atoms with Crippen LogP contribution in [0.3, 0.4) is 0 Å². The average Bonchev–Trinajstić information content (AvgIpc) is 3.12. The van der Waals surface area contributed by atoms with Crippen molar-refractivity contribution in [3.63, 3.8) is 0 Å². The Labute approximate surface area is 181 Å². The number of ether oxygens (including phenoxy) is 1. The molecule has 0 spiro atoms. The first-order valence-corrected chi connectivity index (χ1v) is 11.6. The molecule has 1 N–H and O–H groups in total. The molecular formula is C27H35NO2. The van der Waals surface area contributed by atoms with Crippen molar-refractivity contribution >= 4 is 0 Å². The second-order valence-electron chi connectivity index (χ2n) is 8.56. The molecule has 0 bridgehead atoms. The number of nitrogens with zero attached hydrogens (tertiary/aromatic N) is 1. The van der Waals surface area contributed by atoms with Crippen molar-refractivity contribution in [1.82, 2.24) is 0 Å². The van der Waals surface area contributed by atoms with Crippen LogP contribution in [0.25, 0.3) is 0 Å². The number of benzene rings is 2. The van der Waals surface area contributed by atoms with Crippen LogP contribution in [0.5, 0.6) is 5.75 Å². The predicted octanol–water partition coefficient (Wildman–Crippen LogP) is 6.37. The number of aliphatic hydroxyl groups is 1. The fourth-order valence-corrected chi connectivity index (χ4v) is 4.74. The van der Waals surface area contributed by atoms with E-state index in [2.05, 4.69) is 56.3 Å². The molecule has 2 aromatic rings. The third-order valence-corrected chi connectivity index (χ3v) is 6.30. The van der Waals surface area contributed by atoms with Crippen molar-refractivity contribution in [2.45, 2.75) is 76.7 Å². The molecule has 4 atom stereocenters. The highest BCUT2D eigenvalue weighted by molar-refractivity contribution is 5.39. The van der Waals surface area contributed by atoms with Crippen molar-refractivity contribution in [3.05, 3.63) is 65.2 Å². The normalized spacial score (nSPS) is 23.3. The molecule has 0 saturated heterocycles. The molecule has 0 aromatic heterocycles. The van der Waals surface area contributed by atoms with Gasteiger partial charge < -0.3 is 9.84 Å². The Morgan fingerprint density at radius 3 is 2.47 bits per heavy atom. The van der Waals surface area contributed by atoms with Crippen LogP contribution >= 0.6 is 0 Å². The molecule has 1 aliphatic rings. The van der Waals surface area contributed by atoms with E-state index in [9.17, 15) is 10.4 Å². The van der Waals surface area contributed by atoms with Gasteiger partial charge >= 0.3 is 0 Å². The molecule has 1 aliphatic carbocycles. The number of hydrogen-bond acceptors (Lipinski definition) is 3. The zero-order valence-corrected chi connectivity index (χ0v) is 18.4. The molecule has 0 radical (unpaired) electrons. The third kappa shape index (κ3) is 5.43. The first kappa shape index (κ1) is 22.4.